The summed E-state index contributed by atoms with van der Waals surface area (Å²) in [5, 5.41) is 0. The van der Waals surface area contributed by atoms with E-state index in [4.69, 9.17) is 11.6 Å². The van der Waals surface area contributed by atoms with Gasteiger partial charge in [0.1, 0.15) is 6.61 Å². The molecule has 0 unspecified atom stereocenters. The number of rotatable bonds is 2. The van der Waals surface area contributed by atoms with Crippen LogP contribution in [0.25, 0.3) is 0 Å². The Balaban J connectivity index is 0. The van der Waals surface area contributed by atoms with E-state index in [-0.39, 0.29) is 19.0 Å². The zero-order chi connectivity index (χ0) is 10.1. The molecule has 0 amide bonds. The molecule has 0 heterocycles. The summed E-state index contributed by atoms with van der Waals surface area (Å²) in [6.45, 7) is 0.239. The number of benzene rings is 1. The van der Waals surface area contributed by atoms with Crippen LogP contribution in [-0.4, -0.2) is 5.43 Å². The lowest BCUT2D eigenvalue weighted by atomic mass is 10.2. The van der Waals surface area contributed by atoms with Crippen LogP contribution in [0.5, 0.6) is 0 Å². The quantitative estimate of drug-likeness (QED) is 0.468. The molecular weight excluding hydrogens is 227 g/mol. The predicted octanol–water partition coefficient (Wildman–Crippen LogP) is 1.80. The zero-order valence-corrected chi connectivity index (χ0v) is 8.92. The topological polar surface area (TPSA) is 78.3 Å². The molecule has 1 aromatic carbocycles. The summed E-state index contributed by atoms with van der Waals surface area (Å²) in [7, 11) is 0. The molecule has 4 N–H and O–H groups in total. The molecule has 6 heteroatoms. The van der Waals surface area contributed by atoms with Crippen LogP contribution in [0.1, 0.15) is 5.56 Å². The van der Waals surface area contributed by atoms with E-state index in [0.29, 0.717) is 0 Å². The highest BCUT2D eigenvalue weighted by atomic mass is 35.5. The molecule has 80 valence electrons. The average Bonchev–Trinajstić information content (AvgIpc) is 2.19. The Morgan fingerprint density at radius 1 is 1.29 bits per heavy atom. The molecule has 0 aliphatic heterocycles. The van der Waals surface area contributed by atoms with Crippen molar-refractivity contribution >= 4 is 29.4 Å². The van der Waals surface area contributed by atoms with Crippen LogP contribution >= 0.6 is 24.0 Å². The molecule has 0 saturated heterocycles. The lowest BCUT2D eigenvalue weighted by molar-refractivity contribution is 0.167. The molecule has 0 aromatic heterocycles. The molecule has 1 rings (SSSR count). The van der Waals surface area contributed by atoms with E-state index in [1.54, 1.807) is 0 Å². The maximum Gasteiger partial charge on any atom is 0.404 e. The van der Waals surface area contributed by atoms with E-state index < -0.39 is 5.43 Å². The Morgan fingerprint density at radius 2 is 1.79 bits per heavy atom. The van der Waals surface area contributed by atoms with Crippen LogP contribution in [0.4, 0.5) is 4.79 Å². The zero-order valence-electron chi connectivity index (χ0n) is 7.35. The predicted molar refractivity (Wildman–Crippen MR) is 58.1 cm³/mol. The first kappa shape index (κ1) is 15.7. The normalized spacial score (nSPS) is 7.64. The van der Waals surface area contributed by atoms with Crippen LogP contribution in [0, 0.1) is 0 Å². The van der Waals surface area contributed by atoms with Gasteiger partial charge in [-0.1, -0.05) is 30.3 Å². The van der Waals surface area contributed by atoms with Gasteiger partial charge in [0.05, 0.1) is 0 Å². The summed E-state index contributed by atoms with van der Waals surface area (Å²) in [5.74, 6) is 8.00. The third-order valence-corrected chi connectivity index (χ3v) is 1.30. The molecule has 0 saturated carbocycles. The van der Waals surface area contributed by atoms with Crippen molar-refractivity contribution in [3.8, 4) is 0 Å². The smallest absolute Gasteiger partial charge is 0.404 e. The van der Waals surface area contributed by atoms with Gasteiger partial charge in [-0.15, -0.1) is 12.4 Å². The fraction of sp³-hybridized carbons (Fsp3) is 0.125. The fourth-order valence-corrected chi connectivity index (χ4v) is 0.769. The van der Waals surface area contributed by atoms with Crippen molar-refractivity contribution in [3.05, 3.63) is 35.9 Å². The number of hydrazine groups is 1. The van der Waals surface area contributed by atoms with E-state index in [1.165, 1.54) is 0 Å². The summed E-state index contributed by atoms with van der Waals surface area (Å²) in [5.41, 5.74) is 0.162. The Hall–Kier alpha value is -0.810. The van der Waals surface area contributed by atoms with E-state index in [2.05, 4.69) is 16.4 Å². The standard InChI is InChI=1S/C8H7ClO2.ClH.H4N2/c9-8(10)11-6-7-4-2-1-3-5-7;;1-2/h1-5H,6H2;1H;1-2H2. The molecule has 0 bridgehead atoms. The first-order valence-electron chi connectivity index (χ1n) is 3.48. The molecule has 0 spiro atoms. The van der Waals surface area contributed by atoms with Gasteiger partial charge in [-0.25, -0.2) is 4.79 Å². The molecule has 0 fully saturated rings. The second kappa shape index (κ2) is 10.3. The van der Waals surface area contributed by atoms with Gasteiger partial charge >= 0.3 is 5.43 Å². The summed E-state index contributed by atoms with van der Waals surface area (Å²) in [6.07, 6.45) is 0. The number of halogens is 2. The van der Waals surface area contributed by atoms with Gasteiger partial charge in [-0.3, -0.25) is 11.7 Å². The Bertz CT molecular complexity index is 244. The van der Waals surface area contributed by atoms with Crippen molar-refractivity contribution < 1.29 is 9.53 Å². The first-order chi connectivity index (χ1) is 6.29. The molecule has 1 aromatic rings. The summed E-state index contributed by atoms with van der Waals surface area (Å²) >= 11 is 4.97. The molecule has 0 radical (unpaired) electrons. The second-order valence-electron chi connectivity index (χ2n) is 2.01. The lowest BCUT2D eigenvalue weighted by Crippen LogP contribution is -2.02. The van der Waals surface area contributed by atoms with E-state index >= 15 is 0 Å². The van der Waals surface area contributed by atoms with Crippen LogP contribution in [0.2, 0.25) is 0 Å². The fourth-order valence-electron chi connectivity index (χ4n) is 0.714. The van der Waals surface area contributed by atoms with E-state index in [9.17, 15) is 4.79 Å². The number of hydrogen-bond acceptors (Lipinski definition) is 4. The first-order valence-corrected chi connectivity index (χ1v) is 3.86. The number of nitrogens with two attached hydrogens (primary N) is 2. The molecule has 0 aliphatic carbocycles. The van der Waals surface area contributed by atoms with Gasteiger partial charge in [-0.2, -0.15) is 0 Å². The van der Waals surface area contributed by atoms with Gasteiger partial charge < -0.3 is 4.74 Å². The monoisotopic (exact) mass is 238 g/mol. The van der Waals surface area contributed by atoms with E-state index in [1.807, 2.05) is 30.3 Å². The summed E-state index contributed by atoms with van der Waals surface area (Å²) in [4.78, 5) is 10.2. The van der Waals surface area contributed by atoms with Crippen molar-refractivity contribution in [2.45, 2.75) is 6.61 Å². The van der Waals surface area contributed by atoms with Gasteiger partial charge in [0, 0.05) is 11.6 Å². The molecule has 0 aliphatic rings. The highest BCUT2D eigenvalue weighted by Gasteiger charge is 1.95. The third-order valence-electron chi connectivity index (χ3n) is 1.20. The van der Waals surface area contributed by atoms with Crippen molar-refractivity contribution in [1.82, 2.24) is 0 Å². The van der Waals surface area contributed by atoms with E-state index in [0.717, 1.165) is 5.56 Å². The van der Waals surface area contributed by atoms with Gasteiger partial charge in [0.25, 0.3) is 0 Å². The highest BCUT2D eigenvalue weighted by Crippen LogP contribution is 2.01. The Kier molecular flexibility index (Phi) is 11.5. The minimum Gasteiger partial charge on any atom is -0.449 e. The number of ether oxygens (including phenoxy) is 1. The Labute approximate surface area is 93.5 Å². The maximum atomic E-state index is 10.2. The third kappa shape index (κ3) is 7.82. The van der Waals surface area contributed by atoms with Gasteiger partial charge in [0.15, 0.2) is 0 Å². The minimum atomic E-state index is -0.770. The van der Waals surface area contributed by atoms with Crippen LogP contribution in [0.15, 0.2) is 30.3 Å². The lowest BCUT2D eigenvalue weighted by Gasteiger charge is -1.98. The maximum absolute atomic E-state index is 10.2. The number of carbonyl (C=O) groups is 1. The van der Waals surface area contributed by atoms with Gasteiger partial charge in [0.2, 0.25) is 0 Å². The van der Waals surface area contributed by atoms with Crippen molar-refractivity contribution in [2.24, 2.45) is 11.7 Å². The minimum absolute atomic E-state index is 0. The number of carbonyl (C=O) groups excluding carboxylic acids is 1. The number of hydrogen-bond donors (Lipinski definition) is 2. The van der Waals surface area contributed by atoms with Crippen LogP contribution in [-0.2, 0) is 11.3 Å². The van der Waals surface area contributed by atoms with Crippen molar-refractivity contribution in [2.75, 3.05) is 0 Å². The van der Waals surface area contributed by atoms with Crippen LogP contribution < -0.4 is 11.7 Å². The van der Waals surface area contributed by atoms with Crippen molar-refractivity contribution in [1.29, 1.82) is 0 Å². The second-order valence-corrected chi connectivity index (χ2v) is 2.32. The summed E-state index contributed by atoms with van der Waals surface area (Å²) < 4.78 is 4.55. The van der Waals surface area contributed by atoms with Crippen LogP contribution in [0.3, 0.4) is 0 Å². The van der Waals surface area contributed by atoms with Gasteiger partial charge in [-0.05, 0) is 5.56 Å². The molecular formula is C8H12Cl2N2O2. The SMILES string of the molecule is Cl.NN.O=C(Cl)OCc1ccccc1. The summed E-state index contributed by atoms with van der Waals surface area (Å²) in [6, 6.07) is 9.36. The Morgan fingerprint density at radius 3 is 2.21 bits per heavy atom. The van der Waals surface area contributed by atoms with Crippen molar-refractivity contribution in [3.63, 3.8) is 0 Å². The largest absolute Gasteiger partial charge is 0.449 e. The molecule has 4 nitrogen and oxygen atoms in total. The molecule has 14 heavy (non-hydrogen) atoms. The highest BCUT2D eigenvalue weighted by molar-refractivity contribution is 6.61. The average molecular weight is 239 g/mol. The molecule has 0 atom stereocenters.